The minimum absolute atomic E-state index is 0.793. The van der Waals surface area contributed by atoms with Crippen molar-refractivity contribution in [3.8, 4) is 0 Å². The van der Waals surface area contributed by atoms with Crippen molar-refractivity contribution in [1.29, 1.82) is 0 Å². The fourth-order valence-electron chi connectivity index (χ4n) is 1.93. The normalized spacial score (nSPS) is 17.4. The van der Waals surface area contributed by atoms with Gasteiger partial charge in [0.15, 0.2) is 0 Å². The molecular formula is C15H23N. The van der Waals surface area contributed by atoms with Crippen LogP contribution >= 0.6 is 0 Å². The van der Waals surface area contributed by atoms with Gasteiger partial charge in [0.25, 0.3) is 0 Å². The lowest BCUT2D eigenvalue weighted by atomic mass is 10.0. The zero-order chi connectivity index (χ0) is 11.4. The van der Waals surface area contributed by atoms with Gasteiger partial charge < -0.3 is 5.32 Å². The Labute approximate surface area is 99.3 Å². The average molecular weight is 217 g/mol. The standard InChI is InChI=1S/C15H23N/c1-12-3-6-14(7-4-12)8-5-13(2)11-16-15-9-10-15/h3-4,6-7,13,15-16H,5,8-11H2,1-2H3. The number of benzene rings is 1. The molecule has 1 aromatic carbocycles. The third-order valence-electron chi connectivity index (χ3n) is 3.38. The third-order valence-corrected chi connectivity index (χ3v) is 3.38. The predicted octanol–water partition coefficient (Wildman–Crippen LogP) is 3.32. The predicted molar refractivity (Wildman–Crippen MR) is 69.7 cm³/mol. The van der Waals surface area contributed by atoms with Crippen LogP contribution in [0.4, 0.5) is 0 Å². The molecule has 1 nitrogen and oxygen atoms in total. The van der Waals surface area contributed by atoms with Gasteiger partial charge in [0, 0.05) is 6.04 Å². The van der Waals surface area contributed by atoms with Crippen molar-refractivity contribution in [3.63, 3.8) is 0 Å². The molecule has 1 unspecified atom stereocenters. The molecule has 1 aliphatic rings. The van der Waals surface area contributed by atoms with Crippen LogP contribution in [-0.4, -0.2) is 12.6 Å². The molecule has 0 saturated heterocycles. The summed E-state index contributed by atoms with van der Waals surface area (Å²) in [5, 5.41) is 3.60. The first kappa shape index (κ1) is 11.7. The molecule has 0 bridgehead atoms. The summed E-state index contributed by atoms with van der Waals surface area (Å²) in [5.74, 6) is 0.793. The first-order chi connectivity index (χ1) is 7.74. The molecule has 1 atom stereocenters. The zero-order valence-corrected chi connectivity index (χ0v) is 10.5. The van der Waals surface area contributed by atoms with Gasteiger partial charge >= 0.3 is 0 Å². The second-order valence-electron chi connectivity index (χ2n) is 5.31. The van der Waals surface area contributed by atoms with Crippen LogP contribution in [0.25, 0.3) is 0 Å². The Morgan fingerprint density at radius 1 is 1.25 bits per heavy atom. The van der Waals surface area contributed by atoms with Crippen molar-refractivity contribution < 1.29 is 0 Å². The molecule has 1 aromatic rings. The van der Waals surface area contributed by atoms with Crippen LogP contribution in [0, 0.1) is 12.8 Å². The van der Waals surface area contributed by atoms with Gasteiger partial charge in [-0.1, -0.05) is 36.8 Å². The van der Waals surface area contributed by atoms with E-state index in [1.54, 1.807) is 0 Å². The van der Waals surface area contributed by atoms with Crippen LogP contribution in [0.5, 0.6) is 0 Å². The third kappa shape index (κ3) is 3.97. The molecule has 2 rings (SSSR count). The van der Waals surface area contributed by atoms with Gasteiger partial charge in [0.2, 0.25) is 0 Å². The first-order valence-corrected chi connectivity index (χ1v) is 6.53. The molecule has 16 heavy (non-hydrogen) atoms. The molecule has 1 heteroatoms. The van der Waals surface area contributed by atoms with Gasteiger partial charge in [-0.05, 0) is 50.6 Å². The summed E-state index contributed by atoms with van der Waals surface area (Å²) >= 11 is 0. The van der Waals surface area contributed by atoms with E-state index in [-0.39, 0.29) is 0 Å². The molecule has 0 spiro atoms. The maximum absolute atomic E-state index is 3.60. The lowest BCUT2D eigenvalue weighted by Crippen LogP contribution is -2.23. The lowest BCUT2D eigenvalue weighted by molar-refractivity contribution is 0.480. The van der Waals surface area contributed by atoms with Gasteiger partial charge in [-0.3, -0.25) is 0 Å². The average Bonchev–Trinajstić information content (AvgIpc) is 3.09. The van der Waals surface area contributed by atoms with E-state index in [0.29, 0.717) is 0 Å². The van der Waals surface area contributed by atoms with E-state index >= 15 is 0 Å². The van der Waals surface area contributed by atoms with Gasteiger partial charge in [0.1, 0.15) is 0 Å². The second-order valence-corrected chi connectivity index (χ2v) is 5.31. The Bertz CT molecular complexity index is 311. The maximum Gasteiger partial charge on any atom is 0.00683 e. The quantitative estimate of drug-likeness (QED) is 0.771. The maximum atomic E-state index is 3.60. The van der Waals surface area contributed by atoms with E-state index < -0.39 is 0 Å². The van der Waals surface area contributed by atoms with E-state index in [1.165, 1.54) is 43.4 Å². The number of hydrogen-bond acceptors (Lipinski definition) is 1. The highest BCUT2D eigenvalue weighted by molar-refractivity contribution is 5.21. The topological polar surface area (TPSA) is 12.0 Å². The van der Waals surface area contributed by atoms with Crippen molar-refractivity contribution in [2.45, 2.75) is 45.6 Å². The Morgan fingerprint density at radius 2 is 1.94 bits per heavy atom. The Hall–Kier alpha value is -0.820. The van der Waals surface area contributed by atoms with Crippen LogP contribution in [0.15, 0.2) is 24.3 Å². The van der Waals surface area contributed by atoms with Crippen molar-refractivity contribution in [2.24, 2.45) is 5.92 Å². The van der Waals surface area contributed by atoms with Crippen molar-refractivity contribution in [3.05, 3.63) is 35.4 Å². The van der Waals surface area contributed by atoms with E-state index in [1.807, 2.05) is 0 Å². The van der Waals surface area contributed by atoms with Crippen molar-refractivity contribution in [2.75, 3.05) is 6.54 Å². The molecule has 0 aromatic heterocycles. The smallest absolute Gasteiger partial charge is 0.00683 e. The van der Waals surface area contributed by atoms with Gasteiger partial charge in [-0.2, -0.15) is 0 Å². The van der Waals surface area contributed by atoms with E-state index in [9.17, 15) is 0 Å². The van der Waals surface area contributed by atoms with E-state index in [0.717, 1.165) is 12.0 Å². The number of aryl methyl sites for hydroxylation is 2. The summed E-state index contributed by atoms with van der Waals surface area (Å²) in [6.45, 7) is 5.69. The van der Waals surface area contributed by atoms with E-state index in [2.05, 4.69) is 43.4 Å². The Balaban J connectivity index is 1.67. The molecule has 0 amide bonds. The Morgan fingerprint density at radius 3 is 2.56 bits per heavy atom. The van der Waals surface area contributed by atoms with Gasteiger partial charge in [0.05, 0.1) is 0 Å². The molecule has 1 saturated carbocycles. The van der Waals surface area contributed by atoms with E-state index in [4.69, 9.17) is 0 Å². The largest absolute Gasteiger partial charge is 0.314 e. The minimum Gasteiger partial charge on any atom is -0.314 e. The highest BCUT2D eigenvalue weighted by Crippen LogP contribution is 2.19. The zero-order valence-electron chi connectivity index (χ0n) is 10.5. The molecule has 0 aliphatic heterocycles. The molecule has 0 heterocycles. The summed E-state index contributed by atoms with van der Waals surface area (Å²) in [6, 6.07) is 9.79. The van der Waals surface area contributed by atoms with Crippen LogP contribution in [-0.2, 0) is 6.42 Å². The summed E-state index contributed by atoms with van der Waals surface area (Å²) < 4.78 is 0. The fraction of sp³-hybridized carbons (Fsp3) is 0.600. The number of rotatable bonds is 6. The van der Waals surface area contributed by atoms with Gasteiger partial charge in [-0.25, -0.2) is 0 Å². The molecular weight excluding hydrogens is 194 g/mol. The second kappa shape index (κ2) is 5.49. The SMILES string of the molecule is Cc1ccc(CCC(C)CNC2CC2)cc1. The van der Waals surface area contributed by atoms with Crippen LogP contribution < -0.4 is 5.32 Å². The molecule has 1 N–H and O–H groups in total. The molecule has 1 aliphatic carbocycles. The minimum atomic E-state index is 0.793. The summed E-state index contributed by atoms with van der Waals surface area (Å²) in [5.41, 5.74) is 2.83. The van der Waals surface area contributed by atoms with Crippen LogP contribution in [0.3, 0.4) is 0 Å². The lowest BCUT2D eigenvalue weighted by Gasteiger charge is -2.12. The molecule has 88 valence electrons. The molecule has 1 fully saturated rings. The van der Waals surface area contributed by atoms with Crippen LogP contribution in [0.1, 0.15) is 37.3 Å². The Kier molecular flexibility index (Phi) is 4.00. The van der Waals surface area contributed by atoms with Crippen LogP contribution in [0.2, 0.25) is 0 Å². The van der Waals surface area contributed by atoms with Gasteiger partial charge in [-0.15, -0.1) is 0 Å². The summed E-state index contributed by atoms with van der Waals surface area (Å²) in [4.78, 5) is 0. The fourth-order valence-corrected chi connectivity index (χ4v) is 1.93. The van der Waals surface area contributed by atoms with Crippen molar-refractivity contribution in [1.82, 2.24) is 5.32 Å². The molecule has 0 radical (unpaired) electrons. The highest BCUT2D eigenvalue weighted by Gasteiger charge is 2.20. The highest BCUT2D eigenvalue weighted by atomic mass is 14.9. The number of hydrogen-bond donors (Lipinski definition) is 1. The monoisotopic (exact) mass is 217 g/mol. The first-order valence-electron chi connectivity index (χ1n) is 6.53. The summed E-state index contributed by atoms with van der Waals surface area (Å²) in [6.07, 6.45) is 5.30. The summed E-state index contributed by atoms with van der Waals surface area (Å²) in [7, 11) is 0. The van der Waals surface area contributed by atoms with Crippen molar-refractivity contribution >= 4 is 0 Å². The number of nitrogens with one attached hydrogen (secondary N) is 1.